The molecule has 2 aromatic carbocycles. The quantitative estimate of drug-likeness (QED) is 0.719. The van der Waals surface area contributed by atoms with E-state index in [1.54, 1.807) is 42.5 Å². The maximum absolute atomic E-state index is 13.1. The SMILES string of the molecule is O=C1C[C@@H](C(=O)Nc2ccccc2Cl)n2nc(-c3ccc(F)cc3)cc2N1. The number of para-hydroxylation sites is 1. The highest BCUT2D eigenvalue weighted by molar-refractivity contribution is 6.33. The van der Waals surface area contributed by atoms with Gasteiger partial charge < -0.3 is 10.6 Å². The number of fused-ring (bicyclic) bond motifs is 1. The predicted octanol–water partition coefficient (Wildman–Crippen LogP) is 3.86. The number of hydrogen-bond donors (Lipinski definition) is 2. The van der Waals surface area contributed by atoms with E-state index >= 15 is 0 Å². The van der Waals surface area contributed by atoms with E-state index in [0.29, 0.717) is 27.8 Å². The topological polar surface area (TPSA) is 76.0 Å². The zero-order chi connectivity index (χ0) is 19.0. The number of aromatic nitrogens is 2. The maximum atomic E-state index is 13.1. The average molecular weight is 385 g/mol. The summed E-state index contributed by atoms with van der Waals surface area (Å²) in [6.07, 6.45) is -0.0478. The highest BCUT2D eigenvalue weighted by Crippen LogP contribution is 2.31. The van der Waals surface area contributed by atoms with Crippen LogP contribution in [0.4, 0.5) is 15.9 Å². The molecule has 0 bridgehead atoms. The predicted molar refractivity (Wildman–Crippen MR) is 100.0 cm³/mol. The summed E-state index contributed by atoms with van der Waals surface area (Å²) < 4.78 is 14.6. The number of halogens is 2. The molecule has 0 radical (unpaired) electrons. The lowest BCUT2D eigenvalue weighted by Gasteiger charge is -2.23. The van der Waals surface area contributed by atoms with Gasteiger partial charge in [-0.05, 0) is 36.4 Å². The zero-order valence-corrected chi connectivity index (χ0v) is 14.7. The van der Waals surface area contributed by atoms with Crippen molar-refractivity contribution in [1.29, 1.82) is 0 Å². The van der Waals surface area contributed by atoms with Crippen LogP contribution in [0.25, 0.3) is 11.3 Å². The van der Waals surface area contributed by atoms with Crippen molar-refractivity contribution < 1.29 is 14.0 Å². The molecule has 1 aliphatic rings. The number of benzene rings is 2. The van der Waals surface area contributed by atoms with Gasteiger partial charge >= 0.3 is 0 Å². The van der Waals surface area contributed by atoms with Crippen molar-refractivity contribution in [3.63, 3.8) is 0 Å². The molecule has 8 heteroatoms. The van der Waals surface area contributed by atoms with Gasteiger partial charge in [0.25, 0.3) is 0 Å². The van der Waals surface area contributed by atoms with Crippen molar-refractivity contribution in [3.05, 3.63) is 65.4 Å². The molecule has 27 heavy (non-hydrogen) atoms. The summed E-state index contributed by atoms with van der Waals surface area (Å²) in [4.78, 5) is 24.8. The Balaban J connectivity index is 1.66. The Kier molecular flexibility index (Phi) is 4.37. The second-order valence-electron chi connectivity index (χ2n) is 6.10. The average Bonchev–Trinajstić information content (AvgIpc) is 3.07. The monoisotopic (exact) mass is 384 g/mol. The van der Waals surface area contributed by atoms with Crippen LogP contribution < -0.4 is 10.6 Å². The Morgan fingerprint density at radius 1 is 1.22 bits per heavy atom. The van der Waals surface area contributed by atoms with Crippen LogP contribution in [-0.2, 0) is 9.59 Å². The summed E-state index contributed by atoms with van der Waals surface area (Å²) in [5, 5.41) is 10.3. The number of amides is 2. The van der Waals surface area contributed by atoms with Crippen molar-refractivity contribution in [2.75, 3.05) is 10.6 Å². The van der Waals surface area contributed by atoms with E-state index in [0.717, 1.165) is 0 Å². The zero-order valence-electron chi connectivity index (χ0n) is 13.9. The minimum Gasteiger partial charge on any atom is -0.323 e. The Morgan fingerprint density at radius 2 is 1.96 bits per heavy atom. The van der Waals surface area contributed by atoms with Gasteiger partial charge in [0.05, 0.1) is 22.8 Å². The van der Waals surface area contributed by atoms with Crippen LogP contribution in [-0.4, -0.2) is 21.6 Å². The third kappa shape index (κ3) is 3.41. The minimum atomic E-state index is -0.820. The Labute approximate surface area is 158 Å². The van der Waals surface area contributed by atoms with Gasteiger partial charge in [-0.1, -0.05) is 23.7 Å². The number of carbonyl (C=O) groups excluding carboxylic acids is 2. The van der Waals surface area contributed by atoms with Crippen molar-refractivity contribution in [2.24, 2.45) is 0 Å². The van der Waals surface area contributed by atoms with Crippen LogP contribution in [0, 0.1) is 5.82 Å². The summed E-state index contributed by atoms with van der Waals surface area (Å²) in [5.74, 6) is -0.627. The van der Waals surface area contributed by atoms with E-state index in [-0.39, 0.29) is 18.1 Å². The third-order valence-electron chi connectivity index (χ3n) is 4.25. The van der Waals surface area contributed by atoms with E-state index in [2.05, 4.69) is 15.7 Å². The van der Waals surface area contributed by atoms with E-state index in [1.807, 2.05) is 0 Å². The van der Waals surface area contributed by atoms with Gasteiger partial charge in [0.1, 0.15) is 17.7 Å². The van der Waals surface area contributed by atoms with Gasteiger partial charge in [-0.25, -0.2) is 9.07 Å². The Morgan fingerprint density at radius 3 is 2.70 bits per heavy atom. The van der Waals surface area contributed by atoms with Crippen LogP contribution in [0.2, 0.25) is 5.02 Å². The van der Waals surface area contributed by atoms with Gasteiger partial charge in [-0.2, -0.15) is 5.10 Å². The van der Waals surface area contributed by atoms with Gasteiger partial charge in [0, 0.05) is 11.6 Å². The van der Waals surface area contributed by atoms with Crippen molar-refractivity contribution >= 4 is 34.9 Å². The van der Waals surface area contributed by atoms with Crippen molar-refractivity contribution in [2.45, 2.75) is 12.5 Å². The largest absolute Gasteiger partial charge is 0.323 e. The van der Waals surface area contributed by atoms with Gasteiger partial charge in [-0.3, -0.25) is 9.59 Å². The number of rotatable bonds is 3. The smallest absolute Gasteiger partial charge is 0.249 e. The van der Waals surface area contributed by atoms with Crippen LogP contribution in [0.1, 0.15) is 12.5 Å². The molecular formula is C19H14ClFN4O2. The van der Waals surface area contributed by atoms with Crippen LogP contribution in [0.5, 0.6) is 0 Å². The molecule has 1 aromatic heterocycles. The summed E-state index contributed by atoms with van der Waals surface area (Å²) in [6, 6.07) is 13.5. The highest BCUT2D eigenvalue weighted by atomic mass is 35.5. The highest BCUT2D eigenvalue weighted by Gasteiger charge is 2.32. The first kappa shape index (κ1) is 17.2. The summed E-state index contributed by atoms with van der Waals surface area (Å²) >= 11 is 6.09. The molecule has 4 rings (SSSR count). The lowest BCUT2D eigenvalue weighted by atomic mass is 10.1. The molecule has 0 fully saturated rings. The maximum Gasteiger partial charge on any atom is 0.249 e. The lowest BCUT2D eigenvalue weighted by Crippen LogP contribution is -2.35. The number of nitrogens with zero attached hydrogens (tertiary/aromatic N) is 2. The molecule has 3 aromatic rings. The first-order valence-electron chi connectivity index (χ1n) is 8.22. The summed E-state index contributed by atoms with van der Waals surface area (Å²) in [6.45, 7) is 0. The normalized spacial score (nSPS) is 15.8. The van der Waals surface area contributed by atoms with Gasteiger partial charge in [-0.15, -0.1) is 0 Å². The molecule has 0 saturated heterocycles. The molecule has 2 N–H and O–H groups in total. The molecule has 2 heterocycles. The fourth-order valence-electron chi connectivity index (χ4n) is 2.93. The molecular weight excluding hydrogens is 371 g/mol. The second-order valence-corrected chi connectivity index (χ2v) is 6.51. The van der Waals surface area contributed by atoms with Gasteiger partial charge in [0.15, 0.2) is 0 Å². The van der Waals surface area contributed by atoms with E-state index in [1.165, 1.54) is 16.8 Å². The van der Waals surface area contributed by atoms with E-state index in [9.17, 15) is 14.0 Å². The molecule has 2 amide bonds. The molecule has 0 spiro atoms. The van der Waals surface area contributed by atoms with E-state index < -0.39 is 11.9 Å². The molecule has 0 saturated carbocycles. The number of carbonyl (C=O) groups is 2. The van der Waals surface area contributed by atoms with Crippen molar-refractivity contribution in [3.8, 4) is 11.3 Å². The first-order chi connectivity index (χ1) is 13.0. The standard InChI is InChI=1S/C19H14ClFN4O2/c20-13-3-1-2-4-14(13)22-19(27)16-10-18(26)23-17-9-15(24-25(16)17)11-5-7-12(21)8-6-11/h1-9,16H,10H2,(H,22,27)(H,23,26)/t16-/m0/s1. The summed E-state index contributed by atoms with van der Waals surface area (Å²) in [5.41, 5.74) is 1.67. The van der Waals surface area contributed by atoms with E-state index in [4.69, 9.17) is 11.6 Å². The van der Waals surface area contributed by atoms with Crippen LogP contribution in [0.15, 0.2) is 54.6 Å². The molecule has 1 aliphatic heterocycles. The minimum absolute atomic E-state index is 0.0478. The molecule has 0 aliphatic carbocycles. The van der Waals surface area contributed by atoms with Crippen molar-refractivity contribution in [1.82, 2.24) is 9.78 Å². The Bertz CT molecular complexity index is 1030. The molecule has 6 nitrogen and oxygen atoms in total. The molecule has 136 valence electrons. The van der Waals surface area contributed by atoms with Gasteiger partial charge in [0.2, 0.25) is 11.8 Å². The Hall–Kier alpha value is -3.19. The third-order valence-corrected chi connectivity index (χ3v) is 4.58. The molecule has 1 atom stereocenters. The second kappa shape index (κ2) is 6.85. The number of nitrogens with one attached hydrogen (secondary N) is 2. The fraction of sp³-hybridized carbons (Fsp3) is 0.105. The van der Waals surface area contributed by atoms with Crippen LogP contribution >= 0.6 is 11.6 Å². The fourth-order valence-corrected chi connectivity index (χ4v) is 3.11. The number of hydrogen-bond acceptors (Lipinski definition) is 3. The molecule has 0 unspecified atom stereocenters. The summed E-state index contributed by atoms with van der Waals surface area (Å²) in [7, 11) is 0. The lowest BCUT2D eigenvalue weighted by molar-refractivity contribution is -0.125. The number of anilines is 2. The first-order valence-corrected chi connectivity index (χ1v) is 8.60. The van der Waals surface area contributed by atoms with Crippen LogP contribution in [0.3, 0.4) is 0 Å².